The van der Waals surface area contributed by atoms with E-state index in [0.717, 1.165) is 12.0 Å². The second-order valence-corrected chi connectivity index (χ2v) is 5.65. The van der Waals surface area contributed by atoms with Crippen molar-refractivity contribution in [2.45, 2.75) is 37.9 Å². The SMILES string of the molecule is CCc1ccc2c(c1)CN(C1C(=O)C(=O)C1N)CC2(F)F. The Morgan fingerprint density at radius 3 is 2.67 bits per heavy atom. The van der Waals surface area contributed by atoms with Crippen LogP contribution in [0.15, 0.2) is 18.2 Å². The third kappa shape index (κ3) is 2.10. The molecule has 4 nitrogen and oxygen atoms in total. The number of alkyl halides is 2. The molecule has 1 aromatic carbocycles. The minimum atomic E-state index is -3.04. The van der Waals surface area contributed by atoms with E-state index in [9.17, 15) is 18.4 Å². The molecule has 2 unspecified atom stereocenters. The molecule has 6 heteroatoms. The lowest BCUT2D eigenvalue weighted by Gasteiger charge is -2.43. The highest BCUT2D eigenvalue weighted by atomic mass is 19.3. The number of halogens is 2. The number of fused-ring (bicyclic) bond motifs is 1. The highest BCUT2D eigenvalue weighted by molar-refractivity contribution is 6.48. The molecule has 1 fully saturated rings. The van der Waals surface area contributed by atoms with Crippen LogP contribution < -0.4 is 5.73 Å². The quantitative estimate of drug-likeness (QED) is 0.827. The van der Waals surface area contributed by atoms with Crippen molar-refractivity contribution < 1.29 is 18.4 Å². The molecule has 112 valence electrons. The van der Waals surface area contributed by atoms with E-state index in [-0.39, 0.29) is 12.1 Å². The fourth-order valence-electron chi connectivity index (χ4n) is 3.08. The van der Waals surface area contributed by atoms with E-state index in [1.165, 1.54) is 11.0 Å². The monoisotopic (exact) mass is 294 g/mol. The first-order valence-electron chi connectivity index (χ1n) is 6.93. The Kier molecular flexibility index (Phi) is 3.18. The number of Topliss-reactive ketones (excluding diaryl/α,β-unsaturated/α-hetero) is 2. The van der Waals surface area contributed by atoms with Crippen molar-refractivity contribution in [2.75, 3.05) is 6.54 Å². The predicted octanol–water partition coefficient (Wildman–Crippen LogP) is 1.00. The van der Waals surface area contributed by atoms with Crippen LogP contribution in [0, 0.1) is 0 Å². The van der Waals surface area contributed by atoms with Gasteiger partial charge >= 0.3 is 0 Å². The van der Waals surface area contributed by atoms with E-state index in [2.05, 4.69) is 0 Å². The molecular weight excluding hydrogens is 278 g/mol. The largest absolute Gasteiger partial charge is 0.319 e. The Labute approximate surface area is 120 Å². The highest BCUT2D eigenvalue weighted by Gasteiger charge is 2.53. The van der Waals surface area contributed by atoms with Crippen molar-refractivity contribution in [3.63, 3.8) is 0 Å². The summed E-state index contributed by atoms with van der Waals surface area (Å²) in [6, 6.07) is 3.00. The molecule has 1 aliphatic carbocycles. The van der Waals surface area contributed by atoms with Gasteiger partial charge in [-0.05, 0) is 17.5 Å². The first kappa shape index (κ1) is 14.3. The summed E-state index contributed by atoms with van der Waals surface area (Å²) < 4.78 is 28.6. The van der Waals surface area contributed by atoms with Crippen LogP contribution in [-0.4, -0.2) is 35.1 Å². The molecular formula is C15H16F2N2O2. The molecule has 1 saturated carbocycles. The van der Waals surface area contributed by atoms with E-state index in [4.69, 9.17) is 5.73 Å². The molecule has 1 heterocycles. The molecule has 0 amide bonds. The number of nitrogens with two attached hydrogens (primary N) is 1. The summed E-state index contributed by atoms with van der Waals surface area (Å²) in [5.74, 6) is -4.37. The molecule has 0 spiro atoms. The topological polar surface area (TPSA) is 63.4 Å². The molecule has 2 N–H and O–H groups in total. The lowest BCUT2D eigenvalue weighted by molar-refractivity contribution is -0.154. The van der Waals surface area contributed by atoms with Crippen LogP contribution in [0.3, 0.4) is 0 Å². The van der Waals surface area contributed by atoms with Crippen molar-refractivity contribution >= 4 is 11.6 Å². The summed E-state index contributed by atoms with van der Waals surface area (Å²) >= 11 is 0. The number of carbonyl (C=O) groups is 2. The zero-order chi connectivity index (χ0) is 15.4. The van der Waals surface area contributed by atoms with Gasteiger partial charge in [0.25, 0.3) is 5.92 Å². The molecule has 1 aliphatic heterocycles. The summed E-state index contributed by atoms with van der Waals surface area (Å²) in [5.41, 5.74) is 7.07. The van der Waals surface area contributed by atoms with Crippen molar-refractivity contribution in [3.05, 3.63) is 34.9 Å². The van der Waals surface area contributed by atoms with Crippen molar-refractivity contribution in [1.82, 2.24) is 4.90 Å². The van der Waals surface area contributed by atoms with Crippen molar-refractivity contribution in [3.8, 4) is 0 Å². The molecule has 0 radical (unpaired) electrons. The zero-order valence-corrected chi connectivity index (χ0v) is 11.6. The van der Waals surface area contributed by atoms with Crippen LogP contribution in [-0.2, 0) is 28.5 Å². The van der Waals surface area contributed by atoms with Crippen LogP contribution in [0.25, 0.3) is 0 Å². The molecule has 0 bridgehead atoms. The van der Waals surface area contributed by atoms with Gasteiger partial charge in [0.05, 0.1) is 12.6 Å². The van der Waals surface area contributed by atoms with Gasteiger partial charge in [0.15, 0.2) is 0 Å². The number of benzene rings is 1. The molecule has 2 atom stereocenters. The standard InChI is InChI=1S/C15H16F2N2O2/c1-2-8-3-4-10-9(5-8)6-19(7-15(10,16)17)12-11(18)13(20)14(12)21/h3-5,11-12H,2,6-7,18H2,1H3. The lowest BCUT2D eigenvalue weighted by atomic mass is 9.80. The minimum Gasteiger partial charge on any atom is -0.319 e. The van der Waals surface area contributed by atoms with Crippen molar-refractivity contribution in [1.29, 1.82) is 0 Å². The Bertz CT molecular complexity index is 630. The number of carbonyl (C=O) groups excluding carboxylic acids is 2. The fraction of sp³-hybridized carbons (Fsp3) is 0.467. The number of nitrogens with zero attached hydrogens (tertiary/aromatic N) is 1. The second-order valence-electron chi connectivity index (χ2n) is 5.65. The fourth-order valence-corrected chi connectivity index (χ4v) is 3.08. The van der Waals surface area contributed by atoms with E-state index >= 15 is 0 Å². The summed E-state index contributed by atoms with van der Waals surface area (Å²) in [6.07, 6.45) is 0.749. The first-order chi connectivity index (χ1) is 9.85. The molecule has 21 heavy (non-hydrogen) atoms. The summed E-state index contributed by atoms with van der Waals surface area (Å²) in [6.45, 7) is 1.59. The van der Waals surface area contributed by atoms with Crippen LogP contribution in [0.1, 0.15) is 23.6 Å². The number of hydrogen-bond acceptors (Lipinski definition) is 4. The van der Waals surface area contributed by atoms with Gasteiger partial charge in [-0.3, -0.25) is 14.5 Å². The van der Waals surface area contributed by atoms with Crippen LogP contribution in [0.2, 0.25) is 0 Å². The van der Waals surface area contributed by atoms with Crippen molar-refractivity contribution in [2.24, 2.45) is 5.73 Å². The zero-order valence-electron chi connectivity index (χ0n) is 11.6. The maximum Gasteiger partial charge on any atom is 0.285 e. The molecule has 0 saturated heterocycles. The first-order valence-corrected chi connectivity index (χ1v) is 6.93. The minimum absolute atomic E-state index is 0.00243. The maximum absolute atomic E-state index is 14.3. The van der Waals surface area contributed by atoms with E-state index < -0.39 is 36.1 Å². The van der Waals surface area contributed by atoms with Crippen LogP contribution in [0.4, 0.5) is 8.78 Å². The third-order valence-corrected chi connectivity index (χ3v) is 4.29. The highest BCUT2D eigenvalue weighted by Crippen LogP contribution is 2.39. The van der Waals surface area contributed by atoms with E-state index in [0.29, 0.717) is 5.56 Å². The van der Waals surface area contributed by atoms with Crippen LogP contribution >= 0.6 is 0 Å². The Balaban J connectivity index is 1.95. The molecule has 0 aromatic heterocycles. The number of ketones is 2. The molecule has 1 aromatic rings. The number of hydrogen-bond donors (Lipinski definition) is 1. The van der Waals surface area contributed by atoms with E-state index in [1.807, 2.05) is 6.92 Å². The van der Waals surface area contributed by atoms with Gasteiger partial charge < -0.3 is 5.73 Å². The Morgan fingerprint density at radius 1 is 1.33 bits per heavy atom. The van der Waals surface area contributed by atoms with Crippen LogP contribution in [0.5, 0.6) is 0 Å². The summed E-state index contributed by atoms with van der Waals surface area (Å²) in [5, 5.41) is 0. The van der Waals surface area contributed by atoms with Gasteiger partial charge in [0.1, 0.15) is 6.04 Å². The normalized spacial score (nSPS) is 28.2. The van der Waals surface area contributed by atoms with E-state index in [1.54, 1.807) is 12.1 Å². The summed E-state index contributed by atoms with van der Waals surface area (Å²) in [7, 11) is 0. The van der Waals surface area contributed by atoms with Gasteiger partial charge in [-0.15, -0.1) is 0 Å². The summed E-state index contributed by atoms with van der Waals surface area (Å²) in [4.78, 5) is 24.2. The van der Waals surface area contributed by atoms with Gasteiger partial charge in [-0.2, -0.15) is 8.78 Å². The third-order valence-electron chi connectivity index (χ3n) is 4.29. The Hall–Kier alpha value is -1.66. The average Bonchev–Trinajstić information content (AvgIpc) is 2.45. The Morgan fingerprint density at radius 2 is 2.05 bits per heavy atom. The van der Waals surface area contributed by atoms with Gasteiger partial charge in [0, 0.05) is 12.1 Å². The molecule has 3 rings (SSSR count). The van der Waals surface area contributed by atoms with Gasteiger partial charge in [-0.25, -0.2) is 0 Å². The van der Waals surface area contributed by atoms with Gasteiger partial charge in [-0.1, -0.05) is 25.1 Å². The average molecular weight is 294 g/mol. The number of aryl methyl sites for hydroxylation is 1. The maximum atomic E-state index is 14.3. The predicted molar refractivity (Wildman–Crippen MR) is 71.9 cm³/mol. The molecule has 2 aliphatic rings. The van der Waals surface area contributed by atoms with Gasteiger partial charge in [0.2, 0.25) is 11.6 Å². The number of rotatable bonds is 2. The smallest absolute Gasteiger partial charge is 0.285 e. The lowest BCUT2D eigenvalue weighted by Crippen LogP contribution is -2.70. The second kappa shape index (κ2) is 4.68.